The third-order valence-electron chi connectivity index (χ3n) is 3.13. The van der Waals surface area contributed by atoms with Gasteiger partial charge in [0.25, 0.3) is 0 Å². The Bertz CT molecular complexity index is 608. The van der Waals surface area contributed by atoms with Crippen molar-refractivity contribution in [2.45, 2.75) is 35.6 Å². The van der Waals surface area contributed by atoms with E-state index in [1.807, 2.05) is 6.92 Å². The van der Waals surface area contributed by atoms with E-state index in [1.165, 1.54) is 30.3 Å². The highest BCUT2D eigenvalue weighted by Gasteiger charge is 2.15. The lowest BCUT2D eigenvalue weighted by Crippen LogP contribution is -2.21. The van der Waals surface area contributed by atoms with E-state index in [1.54, 1.807) is 6.07 Å². The molecule has 5 heteroatoms. The van der Waals surface area contributed by atoms with Crippen molar-refractivity contribution >= 4 is 11.8 Å². The van der Waals surface area contributed by atoms with Gasteiger partial charge >= 0.3 is 0 Å². The van der Waals surface area contributed by atoms with Gasteiger partial charge in [-0.1, -0.05) is 30.8 Å². The summed E-state index contributed by atoms with van der Waals surface area (Å²) in [5.41, 5.74) is 6.30. The molecule has 1 atom stereocenters. The minimum Gasteiger partial charge on any atom is -0.327 e. The fourth-order valence-corrected chi connectivity index (χ4v) is 2.76. The van der Waals surface area contributed by atoms with E-state index in [0.29, 0.717) is 12.0 Å². The van der Waals surface area contributed by atoms with Crippen LogP contribution in [0.15, 0.2) is 46.2 Å². The van der Waals surface area contributed by atoms with Crippen LogP contribution in [0.2, 0.25) is 0 Å². The molecule has 0 aliphatic heterocycles. The number of nitrogens with two attached hydrogens (primary N) is 1. The minimum absolute atomic E-state index is 0.131. The Morgan fingerprint density at radius 1 is 1.05 bits per heavy atom. The maximum Gasteiger partial charge on any atom is 0.140 e. The minimum atomic E-state index is -0.693. The Kier molecular flexibility index (Phi) is 5.31. The van der Waals surface area contributed by atoms with Crippen molar-refractivity contribution in [3.05, 3.63) is 59.4 Å². The van der Waals surface area contributed by atoms with Gasteiger partial charge in [-0.15, -0.1) is 0 Å². The zero-order valence-electron chi connectivity index (χ0n) is 11.6. The lowest BCUT2D eigenvalue weighted by molar-refractivity contribution is 0.533. The predicted molar refractivity (Wildman–Crippen MR) is 78.9 cm³/mol. The molecule has 0 spiro atoms. The second kappa shape index (κ2) is 7.00. The lowest BCUT2D eigenvalue weighted by Gasteiger charge is -2.11. The summed E-state index contributed by atoms with van der Waals surface area (Å²) in [6.07, 6.45) is 1.14. The molecule has 0 radical (unpaired) electrons. The summed E-state index contributed by atoms with van der Waals surface area (Å²) in [6, 6.07) is 8.29. The van der Waals surface area contributed by atoms with Gasteiger partial charge in [0.05, 0.1) is 4.90 Å². The molecule has 0 amide bonds. The van der Waals surface area contributed by atoms with Gasteiger partial charge in [-0.25, -0.2) is 13.2 Å². The molecule has 2 aromatic carbocycles. The van der Waals surface area contributed by atoms with Gasteiger partial charge in [0.1, 0.15) is 17.5 Å². The molecule has 2 aromatic rings. The van der Waals surface area contributed by atoms with Crippen LogP contribution < -0.4 is 5.73 Å². The number of hydrogen-bond acceptors (Lipinski definition) is 2. The summed E-state index contributed by atoms with van der Waals surface area (Å²) in [5, 5.41) is 0. The van der Waals surface area contributed by atoms with Gasteiger partial charge in [0.15, 0.2) is 0 Å². The van der Waals surface area contributed by atoms with Crippen LogP contribution in [0.25, 0.3) is 0 Å². The van der Waals surface area contributed by atoms with E-state index >= 15 is 0 Å². The maximum absolute atomic E-state index is 14.1. The molecule has 2 N–H and O–H groups in total. The summed E-state index contributed by atoms with van der Waals surface area (Å²) < 4.78 is 41.7. The van der Waals surface area contributed by atoms with Gasteiger partial charge in [-0.3, -0.25) is 0 Å². The molecule has 0 saturated heterocycles. The van der Waals surface area contributed by atoms with Crippen molar-refractivity contribution in [2.24, 2.45) is 5.73 Å². The maximum atomic E-state index is 14.1. The van der Waals surface area contributed by atoms with E-state index in [0.717, 1.165) is 18.2 Å². The fraction of sp³-hybridized carbons (Fsp3) is 0.250. The predicted octanol–water partition coefficient (Wildman–Crippen LogP) is 4.53. The van der Waals surface area contributed by atoms with Crippen molar-refractivity contribution in [1.82, 2.24) is 0 Å². The Balaban J connectivity index is 2.27. The molecule has 2 rings (SSSR count). The monoisotopic (exact) mass is 311 g/mol. The molecule has 0 aliphatic carbocycles. The van der Waals surface area contributed by atoms with E-state index in [2.05, 4.69) is 0 Å². The Morgan fingerprint density at radius 3 is 2.24 bits per heavy atom. The zero-order chi connectivity index (χ0) is 15.4. The average Bonchev–Trinajstić information content (AvgIpc) is 2.44. The van der Waals surface area contributed by atoms with Crippen molar-refractivity contribution < 1.29 is 13.2 Å². The molecule has 1 nitrogen and oxygen atoms in total. The fourth-order valence-electron chi connectivity index (χ4n) is 1.91. The van der Waals surface area contributed by atoms with E-state index < -0.39 is 17.5 Å². The summed E-state index contributed by atoms with van der Waals surface area (Å²) in [5.74, 6) is -1.89. The molecule has 21 heavy (non-hydrogen) atoms. The SMILES string of the molecule is CCC(N)Cc1cc(F)c(Sc2ccccc2F)c(F)c1. The largest absolute Gasteiger partial charge is 0.327 e. The quantitative estimate of drug-likeness (QED) is 0.877. The van der Waals surface area contributed by atoms with Gasteiger partial charge in [-0.2, -0.15) is 0 Å². The first kappa shape index (κ1) is 15.9. The molecule has 0 aromatic heterocycles. The Morgan fingerprint density at radius 2 is 1.67 bits per heavy atom. The average molecular weight is 311 g/mol. The molecule has 0 aliphatic rings. The first-order chi connectivity index (χ1) is 10.0. The first-order valence-corrected chi connectivity index (χ1v) is 7.48. The van der Waals surface area contributed by atoms with Crippen LogP contribution in [0.3, 0.4) is 0 Å². The number of hydrogen-bond donors (Lipinski definition) is 1. The molecule has 1 unspecified atom stereocenters. The third kappa shape index (κ3) is 4.02. The van der Waals surface area contributed by atoms with E-state index in [4.69, 9.17) is 5.73 Å². The second-order valence-electron chi connectivity index (χ2n) is 4.79. The summed E-state index contributed by atoms with van der Waals surface area (Å²) in [6.45, 7) is 1.92. The van der Waals surface area contributed by atoms with E-state index in [9.17, 15) is 13.2 Å². The number of benzene rings is 2. The zero-order valence-corrected chi connectivity index (χ0v) is 12.4. The highest BCUT2D eigenvalue weighted by Crippen LogP contribution is 2.34. The number of rotatable bonds is 5. The second-order valence-corrected chi connectivity index (χ2v) is 5.85. The molecule has 0 fully saturated rings. The van der Waals surface area contributed by atoms with Crippen LogP contribution in [0, 0.1) is 17.5 Å². The first-order valence-electron chi connectivity index (χ1n) is 6.67. The summed E-state index contributed by atoms with van der Waals surface area (Å²) in [7, 11) is 0. The molecule has 0 heterocycles. The topological polar surface area (TPSA) is 26.0 Å². The summed E-state index contributed by atoms with van der Waals surface area (Å²) >= 11 is 0.745. The van der Waals surface area contributed by atoms with E-state index in [-0.39, 0.29) is 15.8 Å². The van der Waals surface area contributed by atoms with Gasteiger partial charge in [0.2, 0.25) is 0 Å². The summed E-state index contributed by atoms with van der Waals surface area (Å²) in [4.78, 5) is -0.0118. The van der Waals surface area contributed by atoms with Crippen LogP contribution in [-0.4, -0.2) is 6.04 Å². The normalized spacial score (nSPS) is 12.4. The van der Waals surface area contributed by atoms with Gasteiger partial charge < -0.3 is 5.73 Å². The Hall–Kier alpha value is -1.46. The van der Waals surface area contributed by atoms with Crippen LogP contribution in [0.5, 0.6) is 0 Å². The van der Waals surface area contributed by atoms with Gasteiger partial charge in [0, 0.05) is 10.9 Å². The lowest BCUT2D eigenvalue weighted by atomic mass is 10.0. The van der Waals surface area contributed by atoms with Crippen molar-refractivity contribution in [1.29, 1.82) is 0 Å². The molecule has 112 valence electrons. The van der Waals surface area contributed by atoms with Gasteiger partial charge in [-0.05, 0) is 42.7 Å². The third-order valence-corrected chi connectivity index (χ3v) is 4.27. The number of halogens is 3. The molecule has 0 saturated carbocycles. The van der Waals surface area contributed by atoms with Crippen LogP contribution in [-0.2, 0) is 6.42 Å². The van der Waals surface area contributed by atoms with Crippen molar-refractivity contribution in [2.75, 3.05) is 0 Å². The smallest absolute Gasteiger partial charge is 0.140 e. The van der Waals surface area contributed by atoms with Crippen LogP contribution in [0.4, 0.5) is 13.2 Å². The van der Waals surface area contributed by atoms with Crippen molar-refractivity contribution in [3.63, 3.8) is 0 Å². The standard InChI is InChI=1S/C16H16F3NS/c1-2-11(20)7-10-8-13(18)16(14(19)9-10)21-15-6-4-3-5-12(15)17/h3-6,8-9,11H,2,7,20H2,1H3. The molecule has 0 bridgehead atoms. The van der Waals surface area contributed by atoms with Crippen molar-refractivity contribution in [3.8, 4) is 0 Å². The highest BCUT2D eigenvalue weighted by molar-refractivity contribution is 7.99. The Labute approximate surface area is 126 Å². The van der Waals surface area contributed by atoms with Crippen LogP contribution in [0.1, 0.15) is 18.9 Å². The molecular formula is C16H16F3NS. The van der Waals surface area contributed by atoms with Crippen LogP contribution >= 0.6 is 11.8 Å². The highest BCUT2D eigenvalue weighted by atomic mass is 32.2. The molecular weight excluding hydrogens is 295 g/mol.